The predicted molar refractivity (Wildman–Crippen MR) is 36.0 cm³/mol. The van der Waals surface area contributed by atoms with E-state index in [1.807, 2.05) is 0 Å². The summed E-state index contributed by atoms with van der Waals surface area (Å²) < 4.78 is 0. The largest absolute Gasteiger partial charge is 0.356 e. The second-order valence-electron chi connectivity index (χ2n) is 2.78. The van der Waals surface area contributed by atoms with Crippen LogP contribution < -0.4 is 5.32 Å². The standard InChI is InChI=1S/C7H13NO/c1-6-2-3-7(9)8-5-4-6/h6H,2-5H2,1H3,(H,8,9)/t6-/m1/s1. The first kappa shape index (κ1) is 6.59. The van der Waals surface area contributed by atoms with Gasteiger partial charge in [-0.2, -0.15) is 0 Å². The van der Waals surface area contributed by atoms with Gasteiger partial charge in [-0.25, -0.2) is 0 Å². The number of rotatable bonds is 0. The lowest BCUT2D eigenvalue weighted by Gasteiger charge is -2.01. The summed E-state index contributed by atoms with van der Waals surface area (Å²) in [5.41, 5.74) is 0. The molecule has 2 heteroatoms. The zero-order valence-corrected chi connectivity index (χ0v) is 5.81. The first-order valence-corrected chi connectivity index (χ1v) is 3.56. The smallest absolute Gasteiger partial charge is 0.220 e. The van der Waals surface area contributed by atoms with E-state index < -0.39 is 0 Å². The highest BCUT2D eigenvalue weighted by molar-refractivity contribution is 5.76. The molecule has 1 heterocycles. The van der Waals surface area contributed by atoms with Gasteiger partial charge in [-0.3, -0.25) is 4.79 Å². The molecule has 1 amide bonds. The zero-order valence-electron chi connectivity index (χ0n) is 5.81. The molecular formula is C7H13NO. The SMILES string of the molecule is C[C@H]1CCNC(=O)CC1. The van der Waals surface area contributed by atoms with Crippen molar-refractivity contribution in [2.75, 3.05) is 6.54 Å². The quantitative estimate of drug-likeness (QED) is 0.515. The van der Waals surface area contributed by atoms with Gasteiger partial charge in [-0.1, -0.05) is 6.92 Å². The van der Waals surface area contributed by atoms with Gasteiger partial charge in [0.05, 0.1) is 0 Å². The lowest BCUT2D eigenvalue weighted by atomic mass is 10.0. The Morgan fingerprint density at radius 2 is 2.33 bits per heavy atom. The molecule has 1 saturated heterocycles. The average molecular weight is 127 g/mol. The summed E-state index contributed by atoms with van der Waals surface area (Å²) in [7, 11) is 0. The van der Waals surface area contributed by atoms with Crippen LogP contribution in [0.15, 0.2) is 0 Å². The molecule has 0 bridgehead atoms. The molecule has 9 heavy (non-hydrogen) atoms. The molecule has 1 N–H and O–H groups in total. The number of nitrogens with one attached hydrogen (secondary N) is 1. The molecule has 0 unspecified atom stereocenters. The molecule has 0 aromatic heterocycles. The molecule has 2 nitrogen and oxygen atoms in total. The van der Waals surface area contributed by atoms with Gasteiger partial charge < -0.3 is 5.32 Å². The molecule has 0 aliphatic carbocycles. The van der Waals surface area contributed by atoms with E-state index in [0.717, 1.165) is 31.7 Å². The fourth-order valence-corrected chi connectivity index (χ4v) is 1.07. The van der Waals surface area contributed by atoms with Crippen molar-refractivity contribution in [2.45, 2.75) is 26.2 Å². The van der Waals surface area contributed by atoms with Crippen molar-refractivity contribution in [3.8, 4) is 0 Å². The van der Waals surface area contributed by atoms with Crippen molar-refractivity contribution in [1.29, 1.82) is 0 Å². The Morgan fingerprint density at radius 3 is 3.11 bits per heavy atom. The predicted octanol–water partition coefficient (Wildman–Crippen LogP) is 0.923. The summed E-state index contributed by atoms with van der Waals surface area (Å²) in [6.45, 7) is 3.07. The highest BCUT2D eigenvalue weighted by Crippen LogP contribution is 2.11. The maximum absolute atomic E-state index is 10.7. The lowest BCUT2D eigenvalue weighted by molar-refractivity contribution is -0.120. The van der Waals surface area contributed by atoms with Gasteiger partial charge in [0.25, 0.3) is 0 Å². The number of carbonyl (C=O) groups is 1. The van der Waals surface area contributed by atoms with Gasteiger partial charge in [0.2, 0.25) is 5.91 Å². The van der Waals surface area contributed by atoms with E-state index in [2.05, 4.69) is 12.2 Å². The van der Waals surface area contributed by atoms with Crippen LogP contribution in [-0.2, 0) is 4.79 Å². The van der Waals surface area contributed by atoms with E-state index in [0.29, 0.717) is 0 Å². The Morgan fingerprint density at radius 1 is 1.56 bits per heavy atom. The van der Waals surface area contributed by atoms with Crippen molar-refractivity contribution >= 4 is 5.91 Å². The van der Waals surface area contributed by atoms with Gasteiger partial charge in [0.15, 0.2) is 0 Å². The highest BCUT2D eigenvalue weighted by Gasteiger charge is 2.10. The minimum absolute atomic E-state index is 0.222. The average Bonchev–Trinajstić information content (AvgIpc) is 1.97. The van der Waals surface area contributed by atoms with E-state index in [9.17, 15) is 4.79 Å². The molecule has 0 spiro atoms. The van der Waals surface area contributed by atoms with Crippen molar-refractivity contribution in [3.63, 3.8) is 0 Å². The van der Waals surface area contributed by atoms with Crippen LogP contribution in [0.25, 0.3) is 0 Å². The normalized spacial score (nSPS) is 29.0. The number of amides is 1. The Kier molecular flexibility index (Phi) is 2.09. The first-order chi connectivity index (χ1) is 4.29. The van der Waals surface area contributed by atoms with Crippen LogP contribution in [-0.4, -0.2) is 12.5 Å². The van der Waals surface area contributed by atoms with Crippen molar-refractivity contribution in [3.05, 3.63) is 0 Å². The number of hydrogen-bond donors (Lipinski definition) is 1. The third-order valence-corrected chi connectivity index (χ3v) is 1.82. The van der Waals surface area contributed by atoms with Crippen molar-refractivity contribution < 1.29 is 4.79 Å². The maximum atomic E-state index is 10.7. The maximum Gasteiger partial charge on any atom is 0.220 e. The third-order valence-electron chi connectivity index (χ3n) is 1.82. The summed E-state index contributed by atoms with van der Waals surface area (Å²) in [5.74, 6) is 0.948. The highest BCUT2D eigenvalue weighted by atomic mass is 16.1. The summed E-state index contributed by atoms with van der Waals surface area (Å²) in [6.07, 6.45) is 2.93. The van der Waals surface area contributed by atoms with Crippen molar-refractivity contribution in [2.24, 2.45) is 5.92 Å². The second-order valence-corrected chi connectivity index (χ2v) is 2.78. The Balaban J connectivity index is 2.34. The van der Waals surface area contributed by atoms with E-state index in [1.165, 1.54) is 0 Å². The molecule has 0 aromatic rings. The van der Waals surface area contributed by atoms with Crippen molar-refractivity contribution in [1.82, 2.24) is 5.32 Å². The molecular weight excluding hydrogens is 114 g/mol. The van der Waals surface area contributed by atoms with Crippen LogP contribution in [0.4, 0.5) is 0 Å². The van der Waals surface area contributed by atoms with Gasteiger partial charge >= 0.3 is 0 Å². The van der Waals surface area contributed by atoms with Gasteiger partial charge in [-0.05, 0) is 18.8 Å². The van der Waals surface area contributed by atoms with Gasteiger partial charge in [0.1, 0.15) is 0 Å². The molecule has 1 aliphatic rings. The van der Waals surface area contributed by atoms with E-state index in [-0.39, 0.29) is 5.91 Å². The van der Waals surface area contributed by atoms with E-state index in [1.54, 1.807) is 0 Å². The van der Waals surface area contributed by atoms with E-state index in [4.69, 9.17) is 0 Å². The monoisotopic (exact) mass is 127 g/mol. The third kappa shape index (κ3) is 2.04. The van der Waals surface area contributed by atoms with Crippen LogP contribution in [0, 0.1) is 5.92 Å². The zero-order chi connectivity index (χ0) is 6.69. The second kappa shape index (κ2) is 2.85. The summed E-state index contributed by atoms with van der Waals surface area (Å²) >= 11 is 0. The fraction of sp³-hybridized carbons (Fsp3) is 0.857. The number of carbonyl (C=O) groups excluding carboxylic acids is 1. The van der Waals surface area contributed by atoms with Crippen LogP contribution in [0.3, 0.4) is 0 Å². The Labute approximate surface area is 55.6 Å². The van der Waals surface area contributed by atoms with Gasteiger partial charge in [0, 0.05) is 13.0 Å². The summed E-state index contributed by atoms with van der Waals surface area (Å²) in [6, 6.07) is 0. The molecule has 52 valence electrons. The van der Waals surface area contributed by atoms with E-state index >= 15 is 0 Å². The van der Waals surface area contributed by atoms with Crippen LogP contribution >= 0.6 is 0 Å². The first-order valence-electron chi connectivity index (χ1n) is 3.56. The van der Waals surface area contributed by atoms with Crippen LogP contribution in [0.2, 0.25) is 0 Å². The lowest BCUT2D eigenvalue weighted by Crippen LogP contribution is -2.21. The topological polar surface area (TPSA) is 29.1 Å². The molecule has 0 radical (unpaired) electrons. The Hall–Kier alpha value is -0.530. The van der Waals surface area contributed by atoms with Crippen LogP contribution in [0.5, 0.6) is 0 Å². The molecule has 1 aliphatic heterocycles. The fourth-order valence-electron chi connectivity index (χ4n) is 1.07. The summed E-state index contributed by atoms with van der Waals surface area (Å²) in [4.78, 5) is 10.7. The summed E-state index contributed by atoms with van der Waals surface area (Å²) in [5, 5.41) is 2.84. The minimum atomic E-state index is 0.222. The molecule has 0 saturated carbocycles. The van der Waals surface area contributed by atoms with Crippen LogP contribution in [0.1, 0.15) is 26.2 Å². The number of hydrogen-bond acceptors (Lipinski definition) is 1. The molecule has 1 rings (SSSR count). The molecule has 1 atom stereocenters. The van der Waals surface area contributed by atoms with Gasteiger partial charge in [-0.15, -0.1) is 0 Å². The molecule has 1 fully saturated rings. The Bertz CT molecular complexity index is 111. The minimum Gasteiger partial charge on any atom is -0.356 e. The molecule has 0 aromatic carbocycles.